The highest BCUT2D eigenvalue weighted by Gasteiger charge is 2.11. The quantitative estimate of drug-likeness (QED) is 0.665. The highest BCUT2D eigenvalue weighted by atomic mass is 16.5. The molecule has 0 amide bonds. The first-order chi connectivity index (χ1) is 8.65. The number of hydrogen-bond acceptors (Lipinski definition) is 3. The summed E-state index contributed by atoms with van der Waals surface area (Å²) < 4.78 is 9.84. The van der Waals surface area contributed by atoms with E-state index in [-0.39, 0.29) is 5.97 Å². The molecule has 0 saturated heterocycles. The van der Waals surface area contributed by atoms with Crippen LogP contribution in [0.15, 0.2) is 36.5 Å². The zero-order valence-electron chi connectivity index (χ0n) is 10.4. The number of carbonyl (C=O) groups excluding carboxylic acids is 1. The van der Waals surface area contributed by atoms with E-state index in [2.05, 4.69) is 16.3 Å². The number of methoxy groups -OCH3 is 2. The monoisotopic (exact) mass is 245 g/mol. The minimum absolute atomic E-state index is 0.382. The van der Waals surface area contributed by atoms with E-state index < -0.39 is 0 Å². The van der Waals surface area contributed by atoms with Crippen molar-refractivity contribution in [3.63, 3.8) is 0 Å². The van der Waals surface area contributed by atoms with Crippen LogP contribution in [0.3, 0.4) is 0 Å². The predicted molar refractivity (Wildman–Crippen MR) is 69.7 cm³/mol. The Morgan fingerprint density at radius 2 is 2.17 bits per heavy atom. The van der Waals surface area contributed by atoms with Gasteiger partial charge >= 0.3 is 5.97 Å². The number of fused-ring (bicyclic) bond motifs is 1. The highest BCUT2D eigenvalue weighted by Crippen LogP contribution is 2.25. The molecular formula is C14H15NO3. The molecular weight excluding hydrogens is 230 g/mol. The lowest BCUT2D eigenvalue weighted by atomic mass is 10.1. The summed E-state index contributed by atoms with van der Waals surface area (Å²) in [6.45, 7) is 3.73. The van der Waals surface area contributed by atoms with Gasteiger partial charge in [0.2, 0.25) is 0 Å². The number of esters is 1. The lowest BCUT2D eigenvalue weighted by Gasteiger charge is -2.03. The van der Waals surface area contributed by atoms with Crippen LogP contribution in [0, 0.1) is 0 Å². The minimum atomic E-state index is -0.382. The molecule has 94 valence electrons. The molecule has 2 rings (SSSR count). The molecule has 0 saturated carbocycles. The molecule has 18 heavy (non-hydrogen) atoms. The second-order valence-corrected chi connectivity index (χ2v) is 4.00. The van der Waals surface area contributed by atoms with Gasteiger partial charge in [-0.05, 0) is 23.8 Å². The minimum Gasteiger partial charge on any atom is -0.497 e. The second-order valence-electron chi connectivity index (χ2n) is 4.00. The molecule has 1 heterocycles. The largest absolute Gasteiger partial charge is 0.497 e. The standard InChI is InChI=1S/C14H15NO3/c1-9(14(16)18-3)6-10-8-15-13-5-4-11(17-2)7-12(10)13/h4-5,7-8,15H,1,6H2,2-3H3. The van der Waals surface area contributed by atoms with E-state index in [4.69, 9.17) is 4.74 Å². The Morgan fingerprint density at radius 3 is 2.83 bits per heavy atom. The Labute approximate surface area is 105 Å². The van der Waals surface area contributed by atoms with Gasteiger partial charge in [-0.3, -0.25) is 0 Å². The summed E-state index contributed by atoms with van der Waals surface area (Å²) in [4.78, 5) is 14.5. The molecule has 0 aliphatic heterocycles. The number of aromatic amines is 1. The SMILES string of the molecule is C=C(Cc1c[nH]c2ccc(OC)cc12)C(=O)OC. The Kier molecular flexibility index (Phi) is 3.37. The average molecular weight is 245 g/mol. The lowest BCUT2D eigenvalue weighted by molar-refractivity contribution is -0.136. The zero-order valence-corrected chi connectivity index (χ0v) is 10.4. The van der Waals surface area contributed by atoms with Crippen molar-refractivity contribution in [2.75, 3.05) is 14.2 Å². The van der Waals surface area contributed by atoms with E-state index in [0.717, 1.165) is 22.2 Å². The van der Waals surface area contributed by atoms with Crippen LogP contribution in [0.2, 0.25) is 0 Å². The fourth-order valence-electron chi connectivity index (χ4n) is 1.88. The van der Waals surface area contributed by atoms with Crippen molar-refractivity contribution in [1.82, 2.24) is 4.98 Å². The third-order valence-electron chi connectivity index (χ3n) is 2.85. The van der Waals surface area contributed by atoms with Crippen molar-refractivity contribution >= 4 is 16.9 Å². The summed E-state index contributed by atoms with van der Waals surface area (Å²) in [5.74, 6) is 0.402. The molecule has 1 aromatic heterocycles. The molecule has 0 spiro atoms. The van der Waals surface area contributed by atoms with Crippen molar-refractivity contribution < 1.29 is 14.3 Å². The normalized spacial score (nSPS) is 10.3. The van der Waals surface area contributed by atoms with Gasteiger partial charge in [-0.1, -0.05) is 6.58 Å². The van der Waals surface area contributed by atoms with Crippen molar-refractivity contribution in [3.8, 4) is 5.75 Å². The maximum Gasteiger partial charge on any atom is 0.333 e. The molecule has 0 radical (unpaired) electrons. The molecule has 4 heteroatoms. The van der Waals surface area contributed by atoms with Crippen LogP contribution >= 0.6 is 0 Å². The Hall–Kier alpha value is -2.23. The summed E-state index contributed by atoms with van der Waals surface area (Å²) in [5, 5.41) is 1.03. The van der Waals surface area contributed by atoms with Crippen LogP contribution in [0.25, 0.3) is 10.9 Å². The Balaban J connectivity index is 2.33. The van der Waals surface area contributed by atoms with E-state index in [1.165, 1.54) is 7.11 Å². The third-order valence-corrected chi connectivity index (χ3v) is 2.85. The fourth-order valence-corrected chi connectivity index (χ4v) is 1.88. The van der Waals surface area contributed by atoms with E-state index in [1.807, 2.05) is 24.4 Å². The van der Waals surface area contributed by atoms with Gasteiger partial charge in [-0.15, -0.1) is 0 Å². The van der Waals surface area contributed by atoms with E-state index in [9.17, 15) is 4.79 Å². The number of benzene rings is 1. The van der Waals surface area contributed by atoms with Crippen LogP contribution in [-0.4, -0.2) is 25.2 Å². The molecule has 0 aliphatic carbocycles. The first-order valence-corrected chi connectivity index (χ1v) is 5.55. The lowest BCUT2D eigenvalue weighted by Crippen LogP contribution is -2.05. The van der Waals surface area contributed by atoms with Gasteiger partial charge < -0.3 is 14.5 Å². The fraction of sp³-hybridized carbons (Fsp3) is 0.214. The second kappa shape index (κ2) is 4.96. The summed E-state index contributed by atoms with van der Waals surface area (Å²) >= 11 is 0. The van der Waals surface area contributed by atoms with Crippen molar-refractivity contribution in [3.05, 3.63) is 42.1 Å². The first kappa shape index (κ1) is 12.2. The van der Waals surface area contributed by atoms with Gasteiger partial charge in [0.25, 0.3) is 0 Å². The zero-order chi connectivity index (χ0) is 13.1. The summed E-state index contributed by atoms with van der Waals surface area (Å²) in [7, 11) is 2.98. The highest BCUT2D eigenvalue weighted by molar-refractivity contribution is 5.90. The molecule has 0 bridgehead atoms. The van der Waals surface area contributed by atoms with E-state index >= 15 is 0 Å². The van der Waals surface area contributed by atoms with Crippen LogP contribution in [0.1, 0.15) is 5.56 Å². The molecule has 1 N–H and O–H groups in total. The first-order valence-electron chi connectivity index (χ1n) is 5.55. The van der Waals surface area contributed by atoms with Gasteiger partial charge in [0.05, 0.1) is 14.2 Å². The smallest absolute Gasteiger partial charge is 0.333 e. The number of H-pyrrole nitrogens is 1. The van der Waals surface area contributed by atoms with Crippen LogP contribution in [0.5, 0.6) is 5.75 Å². The number of aromatic nitrogens is 1. The summed E-state index contributed by atoms with van der Waals surface area (Å²) in [6.07, 6.45) is 2.33. The molecule has 2 aromatic rings. The summed E-state index contributed by atoms with van der Waals surface area (Å²) in [5.41, 5.74) is 2.43. The number of hydrogen-bond donors (Lipinski definition) is 1. The summed E-state index contributed by atoms with van der Waals surface area (Å²) in [6, 6.07) is 5.77. The van der Waals surface area contributed by atoms with Crippen LogP contribution < -0.4 is 4.74 Å². The van der Waals surface area contributed by atoms with Crippen LogP contribution in [-0.2, 0) is 16.0 Å². The van der Waals surface area contributed by atoms with Gasteiger partial charge in [-0.2, -0.15) is 0 Å². The molecule has 0 fully saturated rings. The van der Waals surface area contributed by atoms with Gasteiger partial charge in [0, 0.05) is 29.1 Å². The third kappa shape index (κ3) is 2.22. The molecule has 0 atom stereocenters. The molecule has 4 nitrogen and oxygen atoms in total. The van der Waals surface area contributed by atoms with Gasteiger partial charge in [0.1, 0.15) is 5.75 Å². The average Bonchev–Trinajstić information content (AvgIpc) is 2.80. The van der Waals surface area contributed by atoms with E-state index in [1.54, 1.807) is 7.11 Å². The van der Waals surface area contributed by atoms with Crippen molar-refractivity contribution in [2.24, 2.45) is 0 Å². The number of carbonyl (C=O) groups is 1. The molecule has 0 unspecified atom stereocenters. The van der Waals surface area contributed by atoms with Crippen LogP contribution in [0.4, 0.5) is 0 Å². The van der Waals surface area contributed by atoms with Crippen molar-refractivity contribution in [1.29, 1.82) is 0 Å². The van der Waals surface area contributed by atoms with E-state index in [0.29, 0.717) is 12.0 Å². The number of rotatable bonds is 4. The Morgan fingerprint density at radius 1 is 1.39 bits per heavy atom. The van der Waals surface area contributed by atoms with Gasteiger partial charge in [-0.25, -0.2) is 4.79 Å². The maximum absolute atomic E-state index is 11.3. The number of ether oxygens (including phenoxy) is 2. The van der Waals surface area contributed by atoms with Gasteiger partial charge in [0.15, 0.2) is 0 Å². The molecule has 1 aromatic carbocycles. The van der Waals surface area contributed by atoms with Crippen molar-refractivity contribution in [2.45, 2.75) is 6.42 Å². The molecule has 0 aliphatic rings. The predicted octanol–water partition coefficient (Wildman–Crippen LogP) is 2.45. The Bertz CT molecular complexity index is 598. The maximum atomic E-state index is 11.3. The topological polar surface area (TPSA) is 51.3 Å². The number of nitrogens with one attached hydrogen (secondary N) is 1.